The van der Waals surface area contributed by atoms with Gasteiger partial charge in [-0.3, -0.25) is 0 Å². The highest BCUT2D eigenvalue weighted by atomic mass is 35.5. The Morgan fingerprint density at radius 1 is 1.57 bits per heavy atom. The summed E-state index contributed by atoms with van der Waals surface area (Å²) < 4.78 is 0. The van der Waals surface area contributed by atoms with Crippen LogP contribution in [0.3, 0.4) is 0 Å². The second-order valence-electron chi connectivity index (χ2n) is 4.74. The number of nitrogens with zero attached hydrogens (tertiary/aromatic N) is 2. The number of alkyl halides is 1. The maximum absolute atomic E-state index is 5.81. The zero-order valence-electron chi connectivity index (χ0n) is 8.84. The van der Waals surface area contributed by atoms with Crippen molar-refractivity contribution in [2.75, 3.05) is 0 Å². The van der Waals surface area contributed by atoms with E-state index in [-0.39, 0.29) is 0 Å². The molecule has 0 spiro atoms. The predicted octanol–water partition coefficient (Wildman–Crippen LogP) is 3.04. The molecule has 1 heterocycles. The molecule has 76 valence electrons. The number of aryl methyl sites for hydroxylation is 1. The van der Waals surface area contributed by atoms with Gasteiger partial charge in [-0.2, -0.15) is 0 Å². The predicted molar refractivity (Wildman–Crippen MR) is 57.5 cm³/mol. The summed E-state index contributed by atoms with van der Waals surface area (Å²) in [7, 11) is 0. The highest BCUT2D eigenvalue weighted by Gasteiger charge is 2.48. The first-order chi connectivity index (χ1) is 6.54. The zero-order chi connectivity index (χ0) is 10.3. The van der Waals surface area contributed by atoms with E-state index in [1.165, 1.54) is 6.42 Å². The summed E-state index contributed by atoms with van der Waals surface area (Å²) in [6, 6.07) is 0. The first-order valence-electron chi connectivity index (χ1n) is 4.93. The van der Waals surface area contributed by atoms with Crippen molar-refractivity contribution in [3.63, 3.8) is 0 Å². The van der Waals surface area contributed by atoms with Crippen LogP contribution in [0.25, 0.3) is 0 Å². The average molecular weight is 211 g/mol. The van der Waals surface area contributed by atoms with Gasteiger partial charge in [-0.25, -0.2) is 9.97 Å². The van der Waals surface area contributed by atoms with Crippen LogP contribution in [0.2, 0.25) is 0 Å². The molecule has 1 aliphatic rings. The summed E-state index contributed by atoms with van der Waals surface area (Å²) in [5.41, 5.74) is 2.44. The fourth-order valence-corrected chi connectivity index (χ4v) is 1.97. The van der Waals surface area contributed by atoms with Gasteiger partial charge in [-0.05, 0) is 24.3 Å². The largest absolute Gasteiger partial charge is 0.241 e. The van der Waals surface area contributed by atoms with E-state index in [2.05, 4.69) is 23.8 Å². The molecule has 2 rings (SSSR count). The second-order valence-corrected chi connectivity index (χ2v) is 5.00. The molecule has 1 unspecified atom stereocenters. The van der Waals surface area contributed by atoms with E-state index >= 15 is 0 Å². The summed E-state index contributed by atoms with van der Waals surface area (Å²) in [4.78, 5) is 8.88. The number of halogens is 1. The molecule has 0 aromatic carbocycles. The molecule has 2 nitrogen and oxygen atoms in total. The van der Waals surface area contributed by atoms with Crippen LogP contribution in [0.5, 0.6) is 0 Å². The van der Waals surface area contributed by atoms with Crippen molar-refractivity contribution >= 4 is 11.6 Å². The van der Waals surface area contributed by atoms with Crippen LogP contribution in [0.4, 0.5) is 0 Å². The van der Waals surface area contributed by atoms with Crippen molar-refractivity contribution in [3.05, 3.63) is 23.3 Å². The number of hydrogen-bond donors (Lipinski definition) is 0. The number of rotatable bonds is 2. The number of aromatic nitrogens is 2. The van der Waals surface area contributed by atoms with E-state index < -0.39 is 0 Å². The summed E-state index contributed by atoms with van der Waals surface area (Å²) in [6.45, 7) is 6.50. The van der Waals surface area contributed by atoms with Crippen LogP contribution in [-0.4, -0.2) is 9.97 Å². The molecule has 0 amide bonds. The maximum atomic E-state index is 5.81. The van der Waals surface area contributed by atoms with Gasteiger partial charge in [0.05, 0.1) is 11.6 Å². The molecule has 0 radical (unpaired) electrons. The minimum absolute atomic E-state index is 0.388. The summed E-state index contributed by atoms with van der Waals surface area (Å²) in [5.74, 6) is 1.98. The van der Waals surface area contributed by atoms with E-state index in [9.17, 15) is 0 Å². The topological polar surface area (TPSA) is 25.8 Å². The lowest BCUT2D eigenvalue weighted by Gasteiger charge is -2.05. The van der Waals surface area contributed by atoms with Crippen LogP contribution in [0, 0.1) is 12.3 Å². The molecular weight excluding hydrogens is 196 g/mol. The third kappa shape index (κ3) is 1.63. The minimum Gasteiger partial charge on any atom is -0.241 e. The lowest BCUT2D eigenvalue weighted by atomic mass is 10.1. The summed E-state index contributed by atoms with van der Waals surface area (Å²) in [6.07, 6.45) is 3.08. The highest BCUT2D eigenvalue weighted by Crippen LogP contribution is 2.57. The van der Waals surface area contributed by atoms with Crippen molar-refractivity contribution in [2.45, 2.75) is 39.0 Å². The Bertz CT molecular complexity index is 360. The standard InChI is InChI=1S/C11H15ClN2/c1-7-6-13-10(14-9(7)5-12)8-4-11(8,2)3/h6,8H,4-5H2,1-3H3. The van der Waals surface area contributed by atoms with Gasteiger partial charge in [0, 0.05) is 12.1 Å². The minimum atomic E-state index is 0.388. The molecule has 3 heteroatoms. The fourth-order valence-electron chi connectivity index (χ4n) is 1.70. The molecule has 1 aromatic rings. The van der Waals surface area contributed by atoms with Crippen molar-refractivity contribution in [1.82, 2.24) is 9.97 Å². The first kappa shape index (κ1) is 9.91. The van der Waals surface area contributed by atoms with Gasteiger partial charge in [0.1, 0.15) is 5.82 Å². The van der Waals surface area contributed by atoms with Crippen LogP contribution < -0.4 is 0 Å². The Labute approximate surface area is 89.7 Å². The van der Waals surface area contributed by atoms with Crippen LogP contribution in [0.15, 0.2) is 6.20 Å². The lowest BCUT2D eigenvalue weighted by Crippen LogP contribution is -2.01. The van der Waals surface area contributed by atoms with Crippen LogP contribution in [-0.2, 0) is 5.88 Å². The van der Waals surface area contributed by atoms with Gasteiger partial charge in [0.25, 0.3) is 0 Å². The van der Waals surface area contributed by atoms with Crippen molar-refractivity contribution in [2.24, 2.45) is 5.41 Å². The smallest absolute Gasteiger partial charge is 0.132 e. The molecule has 14 heavy (non-hydrogen) atoms. The Morgan fingerprint density at radius 3 is 2.71 bits per heavy atom. The molecule has 0 saturated heterocycles. The second kappa shape index (κ2) is 3.20. The molecule has 0 bridgehead atoms. The van der Waals surface area contributed by atoms with Gasteiger partial charge in [-0.1, -0.05) is 13.8 Å². The van der Waals surface area contributed by atoms with E-state index in [1.54, 1.807) is 0 Å². The van der Waals surface area contributed by atoms with Gasteiger partial charge >= 0.3 is 0 Å². The molecule has 0 N–H and O–H groups in total. The lowest BCUT2D eigenvalue weighted by molar-refractivity contribution is 0.607. The third-order valence-electron chi connectivity index (χ3n) is 3.05. The van der Waals surface area contributed by atoms with Gasteiger partial charge in [0.15, 0.2) is 0 Å². The fraction of sp³-hybridized carbons (Fsp3) is 0.636. The monoisotopic (exact) mass is 210 g/mol. The van der Waals surface area contributed by atoms with Crippen molar-refractivity contribution in [3.8, 4) is 0 Å². The van der Waals surface area contributed by atoms with Crippen LogP contribution >= 0.6 is 11.6 Å². The number of hydrogen-bond acceptors (Lipinski definition) is 2. The van der Waals surface area contributed by atoms with E-state index in [0.29, 0.717) is 17.2 Å². The van der Waals surface area contributed by atoms with Gasteiger partial charge in [0.2, 0.25) is 0 Å². The van der Waals surface area contributed by atoms with E-state index in [0.717, 1.165) is 17.1 Å². The van der Waals surface area contributed by atoms with Gasteiger partial charge in [-0.15, -0.1) is 11.6 Å². The Balaban J connectivity index is 2.29. The quantitative estimate of drug-likeness (QED) is 0.702. The van der Waals surface area contributed by atoms with E-state index in [1.807, 2.05) is 13.1 Å². The molecule has 0 aliphatic heterocycles. The third-order valence-corrected chi connectivity index (χ3v) is 3.30. The van der Waals surface area contributed by atoms with Crippen LogP contribution in [0.1, 0.15) is 43.3 Å². The Hall–Kier alpha value is -0.630. The normalized spacial score (nSPS) is 23.6. The molecule has 1 atom stereocenters. The Kier molecular flexibility index (Phi) is 2.26. The SMILES string of the molecule is Cc1cnc(C2CC2(C)C)nc1CCl. The summed E-state index contributed by atoms with van der Waals surface area (Å²) in [5, 5.41) is 0. The van der Waals surface area contributed by atoms with Crippen molar-refractivity contribution in [1.29, 1.82) is 0 Å². The zero-order valence-corrected chi connectivity index (χ0v) is 9.60. The molecule has 1 fully saturated rings. The Morgan fingerprint density at radius 2 is 2.21 bits per heavy atom. The van der Waals surface area contributed by atoms with Gasteiger partial charge < -0.3 is 0 Å². The first-order valence-corrected chi connectivity index (χ1v) is 5.46. The van der Waals surface area contributed by atoms with Crippen molar-refractivity contribution < 1.29 is 0 Å². The highest BCUT2D eigenvalue weighted by molar-refractivity contribution is 6.16. The average Bonchev–Trinajstić information content (AvgIpc) is 2.76. The maximum Gasteiger partial charge on any atom is 0.132 e. The molecule has 1 aliphatic carbocycles. The molecule has 1 saturated carbocycles. The summed E-state index contributed by atoms with van der Waals surface area (Å²) >= 11 is 5.81. The molecule has 1 aromatic heterocycles. The molecular formula is C11H15ClN2. The van der Waals surface area contributed by atoms with E-state index in [4.69, 9.17) is 11.6 Å².